The van der Waals surface area contributed by atoms with E-state index in [1.165, 1.54) is 5.56 Å². The van der Waals surface area contributed by atoms with Gasteiger partial charge in [-0.2, -0.15) is 0 Å². The zero-order valence-corrected chi connectivity index (χ0v) is 9.60. The lowest BCUT2D eigenvalue weighted by molar-refractivity contribution is -0.137. The van der Waals surface area contributed by atoms with Gasteiger partial charge in [0.1, 0.15) is 0 Å². The van der Waals surface area contributed by atoms with Gasteiger partial charge in [0.15, 0.2) is 0 Å². The lowest BCUT2D eigenvalue weighted by Crippen LogP contribution is -2.15. The zero-order chi connectivity index (χ0) is 12.0. The molecule has 90 valence electrons. The molecule has 3 nitrogen and oxygen atoms in total. The number of carboxylic acid groups (broad SMARTS) is 1. The first-order chi connectivity index (χ1) is 8.16. The maximum atomic E-state index is 10.9. The number of aliphatic hydroxyl groups is 1. The van der Waals surface area contributed by atoms with E-state index in [-0.39, 0.29) is 18.4 Å². The Hall–Kier alpha value is -1.35. The molecule has 2 aliphatic carbocycles. The van der Waals surface area contributed by atoms with E-state index in [1.54, 1.807) is 0 Å². The first kappa shape index (κ1) is 10.8. The molecule has 0 heterocycles. The third kappa shape index (κ3) is 1.65. The summed E-state index contributed by atoms with van der Waals surface area (Å²) in [7, 11) is 0. The van der Waals surface area contributed by atoms with Gasteiger partial charge in [0.05, 0.1) is 12.5 Å². The fourth-order valence-electron chi connectivity index (χ4n) is 3.48. The summed E-state index contributed by atoms with van der Waals surface area (Å²) in [5.41, 5.74) is 3.44. The van der Waals surface area contributed by atoms with Crippen molar-refractivity contribution in [2.75, 3.05) is 0 Å². The molecule has 1 aromatic carbocycles. The summed E-state index contributed by atoms with van der Waals surface area (Å²) >= 11 is 0. The number of carboxylic acids is 1. The summed E-state index contributed by atoms with van der Waals surface area (Å²) in [5, 5.41) is 18.9. The topological polar surface area (TPSA) is 57.5 Å². The molecule has 2 aliphatic rings. The van der Waals surface area contributed by atoms with Crippen LogP contribution < -0.4 is 0 Å². The fraction of sp³-hybridized carbons (Fsp3) is 0.500. The standard InChI is InChI=1S/C14H16O3/c15-12-6-9-5-4-8(7-13(16)17)10-2-1-3-11(12)14(9)10/h1-3,8-9,12,15H,4-7H2,(H,16,17). The van der Waals surface area contributed by atoms with Crippen molar-refractivity contribution in [3.8, 4) is 0 Å². The Balaban J connectivity index is 2.04. The molecule has 0 saturated carbocycles. The SMILES string of the molecule is O=C(O)CC1CCC2CC(O)c3cccc1c32. The summed E-state index contributed by atoms with van der Waals surface area (Å²) < 4.78 is 0. The highest BCUT2D eigenvalue weighted by Crippen LogP contribution is 2.51. The van der Waals surface area contributed by atoms with E-state index in [9.17, 15) is 9.90 Å². The van der Waals surface area contributed by atoms with Crippen molar-refractivity contribution in [3.63, 3.8) is 0 Å². The molecule has 0 spiro atoms. The molecule has 0 amide bonds. The maximum absolute atomic E-state index is 10.9. The molecule has 3 unspecified atom stereocenters. The van der Waals surface area contributed by atoms with Crippen molar-refractivity contribution in [1.29, 1.82) is 0 Å². The first-order valence-electron chi connectivity index (χ1n) is 6.19. The number of carbonyl (C=O) groups is 1. The molecule has 0 aromatic heterocycles. The molecule has 0 aliphatic heterocycles. The number of benzene rings is 1. The van der Waals surface area contributed by atoms with Crippen molar-refractivity contribution in [1.82, 2.24) is 0 Å². The second-order valence-corrected chi connectivity index (χ2v) is 5.17. The van der Waals surface area contributed by atoms with Gasteiger partial charge in [-0.3, -0.25) is 4.79 Å². The van der Waals surface area contributed by atoms with E-state index in [1.807, 2.05) is 18.2 Å². The van der Waals surface area contributed by atoms with Crippen LogP contribution in [0, 0.1) is 0 Å². The Kier molecular flexibility index (Phi) is 2.44. The summed E-state index contributed by atoms with van der Waals surface area (Å²) in [6.45, 7) is 0. The highest BCUT2D eigenvalue weighted by molar-refractivity contribution is 5.68. The van der Waals surface area contributed by atoms with Gasteiger partial charge >= 0.3 is 5.97 Å². The van der Waals surface area contributed by atoms with Crippen molar-refractivity contribution in [3.05, 3.63) is 34.9 Å². The lowest BCUT2D eigenvalue weighted by Gasteiger charge is -2.28. The molecule has 0 saturated heterocycles. The minimum atomic E-state index is -0.732. The molecule has 3 rings (SSSR count). The van der Waals surface area contributed by atoms with Gasteiger partial charge in [0.25, 0.3) is 0 Å². The van der Waals surface area contributed by atoms with Crippen LogP contribution >= 0.6 is 0 Å². The van der Waals surface area contributed by atoms with Gasteiger partial charge in [0.2, 0.25) is 0 Å². The van der Waals surface area contributed by atoms with Crippen molar-refractivity contribution in [2.45, 2.75) is 43.6 Å². The van der Waals surface area contributed by atoms with Crippen LogP contribution in [0.1, 0.15) is 60.3 Å². The predicted molar refractivity (Wildman–Crippen MR) is 63.0 cm³/mol. The Labute approximate surface area is 100 Å². The van der Waals surface area contributed by atoms with Crippen LogP contribution in [0.4, 0.5) is 0 Å². The molecule has 2 N–H and O–H groups in total. The van der Waals surface area contributed by atoms with E-state index in [2.05, 4.69) is 0 Å². The van der Waals surface area contributed by atoms with Gasteiger partial charge in [-0.15, -0.1) is 0 Å². The van der Waals surface area contributed by atoms with Crippen LogP contribution in [-0.2, 0) is 4.79 Å². The van der Waals surface area contributed by atoms with E-state index < -0.39 is 5.97 Å². The molecule has 3 atom stereocenters. The van der Waals surface area contributed by atoms with E-state index >= 15 is 0 Å². The number of hydrogen-bond donors (Lipinski definition) is 2. The van der Waals surface area contributed by atoms with Gasteiger partial charge in [0, 0.05) is 0 Å². The fourth-order valence-corrected chi connectivity index (χ4v) is 3.48. The van der Waals surface area contributed by atoms with Crippen molar-refractivity contribution in [2.24, 2.45) is 0 Å². The molecule has 0 bridgehead atoms. The van der Waals surface area contributed by atoms with E-state index in [4.69, 9.17) is 5.11 Å². The zero-order valence-electron chi connectivity index (χ0n) is 9.60. The Morgan fingerprint density at radius 1 is 1.29 bits per heavy atom. The molecule has 3 heteroatoms. The van der Waals surface area contributed by atoms with E-state index in [0.717, 1.165) is 30.4 Å². The normalized spacial score (nSPS) is 30.1. The van der Waals surface area contributed by atoms with Gasteiger partial charge in [-0.05, 0) is 47.8 Å². The van der Waals surface area contributed by atoms with Crippen molar-refractivity contribution < 1.29 is 15.0 Å². The van der Waals surface area contributed by atoms with E-state index in [0.29, 0.717) is 5.92 Å². The minimum absolute atomic E-state index is 0.129. The Bertz CT molecular complexity index is 467. The second-order valence-electron chi connectivity index (χ2n) is 5.17. The number of rotatable bonds is 2. The predicted octanol–water partition coefficient (Wildman–Crippen LogP) is 2.56. The molecule has 0 radical (unpaired) electrons. The quantitative estimate of drug-likeness (QED) is 0.823. The third-order valence-corrected chi connectivity index (χ3v) is 4.17. The highest BCUT2D eigenvalue weighted by Gasteiger charge is 2.37. The molecule has 1 aromatic rings. The third-order valence-electron chi connectivity index (χ3n) is 4.17. The number of aliphatic carboxylic acids is 1. The van der Waals surface area contributed by atoms with Crippen LogP contribution in [0.2, 0.25) is 0 Å². The summed E-state index contributed by atoms with van der Waals surface area (Å²) in [6.07, 6.45) is 2.61. The van der Waals surface area contributed by atoms with Gasteiger partial charge < -0.3 is 10.2 Å². The number of aliphatic hydroxyl groups excluding tert-OH is 1. The minimum Gasteiger partial charge on any atom is -0.481 e. The monoisotopic (exact) mass is 232 g/mol. The van der Waals surface area contributed by atoms with Crippen LogP contribution in [-0.4, -0.2) is 16.2 Å². The smallest absolute Gasteiger partial charge is 0.303 e. The average molecular weight is 232 g/mol. The van der Waals surface area contributed by atoms with Crippen LogP contribution in [0.25, 0.3) is 0 Å². The average Bonchev–Trinajstić information content (AvgIpc) is 2.61. The van der Waals surface area contributed by atoms with Gasteiger partial charge in [-0.1, -0.05) is 18.2 Å². The van der Waals surface area contributed by atoms with Crippen LogP contribution in [0.15, 0.2) is 18.2 Å². The molecular formula is C14H16O3. The number of hydrogen-bond acceptors (Lipinski definition) is 2. The van der Waals surface area contributed by atoms with Gasteiger partial charge in [-0.25, -0.2) is 0 Å². The van der Waals surface area contributed by atoms with Crippen molar-refractivity contribution >= 4 is 5.97 Å². The lowest BCUT2D eigenvalue weighted by atomic mass is 9.76. The molecule has 0 fully saturated rings. The summed E-state index contributed by atoms with van der Waals surface area (Å²) in [5.74, 6) is -0.158. The maximum Gasteiger partial charge on any atom is 0.303 e. The largest absolute Gasteiger partial charge is 0.481 e. The summed E-state index contributed by atoms with van der Waals surface area (Å²) in [6, 6.07) is 5.96. The summed E-state index contributed by atoms with van der Waals surface area (Å²) in [4.78, 5) is 10.9. The Morgan fingerprint density at radius 3 is 2.82 bits per heavy atom. The van der Waals surface area contributed by atoms with Crippen LogP contribution in [0.3, 0.4) is 0 Å². The first-order valence-corrected chi connectivity index (χ1v) is 6.19. The van der Waals surface area contributed by atoms with Crippen LogP contribution in [0.5, 0.6) is 0 Å². The Morgan fingerprint density at radius 2 is 2.06 bits per heavy atom. The highest BCUT2D eigenvalue weighted by atomic mass is 16.4. The second kappa shape index (κ2) is 3.84. The molecular weight excluding hydrogens is 216 g/mol. The molecule has 17 heavy (non-hydrogen) atoms.